The molecule has 189 valence electrons. The van der Waals surface area contributed by atoms with E-state index in [2.05, 4.69) is 55.8 Å². The van der Waals surface area contributed by atoms with Gasteiger partial charge in [-0.3, -0.25) is 0 Å². The molecule has 0 bridgehead atoms. The SMILES string of the molecule is C/C=C(\CC)CCCC1CCC2C3CCC4CC(O)CCC4([Se])C3CCC12C.CC.OS.[HH]. The first-order valence-corrected chi connectivity index (χ1v) is 14.9. The summed E-state index contributed by atoms with van der Waals surface area (Å²) >= 11 is 6.29. The van der Waals surface area contributed by atoms with Crippen LogP contribution in [0.15, 0.2) is 11.6 Å². The first kappa shape index (κ1) is 28.8. The maximum absolute atomic E-state index is 10.2. The summed E-state index contributed by atoms with van der Waals surface area (Å²) in [6.07, 6.45) is 19.8. The summed E-state index contributed by atoms with van der Waals surface area (Å²) < 4.78 is 7.10. The molecule has 1 radical (unpaired) electrons. The molecular formula is C28H53O2SSe. The van der Waals surface area contributed by atoms with Gasteiger partial charge in [0, 0.05) is 1.43 Å². The predicted octanol–water partition coefficient (Wildman–Crippen LogP) is 8.52. The molecule has 4 rings (SSSR count). The molecule has 4 fully saturated rings. The summed E-state index contributed by atoms with van der Waals surface area (Å²) in [6.45, 7) is 11.2. The summed E-state index contributed by atoms with van der Waals surface area (Å²) in [5.74, 6) is 4.54. The topological polar surface area (TPSA) is 40.5 Å². The van der Waals surface area contributed by atoms with Gasteiger partial charge in [-0.05, 0) is 12.9 Å². The van der Waals surface area contributed by atoms with Gasteiger partial charge in [-0.1, -0.05) is 13.8 Å². The Bertz CT molecular complexity index is 602. The maximum atomic E-state index is 10.2. The first-order valence-electron chi connectivity index (χ1n) is 13.6. The Labute approximate surface area is 214 Å². The Morgan fingerprint density at radius 3 is 2.44 bits per heavy atom. The molecule has 32 heavy (non-hydrogen) atoms. The molecule has 4 aliphatic rings. The predicted molar refractivity (Wildman–Crippen MR) is 145 cm³/mol. The average Bonchev–Trinajstić information content (AvgIpc) is 3.16. The van der Waals surface area contributed by atoms with Crippen LogP contribution in [0.3, 0.4) is 0 Å². The quantitative estimate of drug-likeness (QED) is 0.144. The number of thiol groups is 1. The van der Waals surface area contributed by atoms with Crippen LogP contribution in [0.4, 0.5) is 0 Å². The van der Waals surface area contributed by atoms with Gasteiger partial charge < -0.3 is 4.55 Å². The summed E-state index contributed by atoms with van der Waals surface area (Å²) in [5, 5.41) is 10.2. The molecule has 0 saturated heterocycles. The molecule has 4 aliphatic carbocycles. The van der Waals surface area contributed by atoms with Gasteiger partial charge in [0.05, 0.1) is 0 Å². The summed E-state index contributed by atoms with van der Waals surface area (Å²) in [7, 11) is 0. The van der Waals surface area contributed by atoms with E-state index in [1.807, 2.05) is 13.8 Å². The van der Waals surface area contributed by atoms with Crippen molar-refractivity contribution in [3.63, 3.8) is 0 Å². The molecule has 2 nitrogen and oxygen atoms in total. The van der Waals surface area contributed by atoms with E-state index in [0.717, 1.165) is 42.4 Å². The third-order valence-corrected chi connectivity index (χ3v) is 11.9. The van der Waals surface area contributed by atoms with Gasteiger partial charge in [0.15, 0.2) is 0 Å². The van der Waals surface area contributed by atoms with Crippen molar-refractivity contribution in [2.75, 3.05) is 0 Å². The monoisotopic (exact) mass is 533 g/mol. The molecule has 8 unspecified atom stereocenters. The number of aliphatic hydroxyl groups excluding tert-OH is 1. The van der Waals surface area contributed by atoms with Crippen LogP contribution in [0.25, 0.3) is 0 Å². The van der Waals surface area contributed by atoms with Crippen molar-refractivity contribution in [2.24, 2.45) is 35.0 Å². The Balaban J connectivity index is 0.00000103. The molecule has 4 heteroatoms. The standard InChI is InChI=1S/C26H43OSe.C2H6.H2OS.H2/c1-4-18(5-2)7-6-8-19-10-12-23-22-11-9-20-17-21(27)13-16-26(20,28)24(22)14-15-25(19,23)3;2*1-2;/h4,19-24,27H,5-17H2,1-3H3;1-2H3;1-2H;1H/b18-4+;;;. The molecule has 0 spiro atoms. The van der Waals surface area contributed by atoms with Crippen molar-refractivity contribution in [2.45, 2.75) is 129 Å². The summed E-state index contributed by atoms with van der Waals surface area (Å²) in [5.41, 5.74) is 2.27. The van der Waals surface area contributed by atoms with Gasteiger partial charge >= 0.3 is 182 Å². The first-order chi connectivity index (χ1) is 15.4. The average molecular weight is 533 g/mol. The van der Waals surface area contributed by atoms with Crippen LogP contribution < -0.4 is 0 Å². The zero-order valence-corrected chi connectivity index (χ0v) is 24.1. The molecule has 0 aromatic heterocycles. The van der Waals surface area contributed by atoms with Crippen LogP contribution in [0, 0.1) is 35.0 Å². The fourth-order valence-corrected chi connectivity index (χ4v) is 9.78. The number of hydrogen-bond acceptors (Lipinski definition) is 3. The fraction of sp³-hybridized carbons (Fsp3) is 0.929. The molecule has 8 atom stereocenters. The van der Waals surface area contributed by atoms with Crippen molar-refractivity contribution >= 4 is 28.9 Å². The summed E-state index contributed by atoms with van der Waals surface area (Å²) in [6, 6.07) is 0. The molecule has 0 aromatic carbocycles. The van der Waals surface area contributed by atoms with Crippen molar-refractivity contribution in [1.29, 1.82) is 0 Å². The zero-order chi connectivity index (χ0) is 23.9. The van der Waals surface area contributed by atoms with E-state index >= 15 is 0 Å². The number of hydrogen-bond donors (Lipinski definition) is 3. The second-order valence-electron chi connectivity index (χ2n) is 11.0. The van der Waals surface area contributed by atoms with Crippen LogP contribution in [-0.2, 0) is 0 Å². The summed E-state index contributed by atoms with van der Waals surface area (Å²) in [4.78, 5) is 0. The Kier molecular flexibility index (Phi) is 11.7. The van der Waals surface area contributed by atoms with E-state index in [1.54, 1.807) is 5.57 Å². The van der Waals surface area contributed by atoms with Crippen LogP contribution in [0.2, 0.25) is 4.31 Å². The van der Waals surface area contributed by atoms with Crippen molar-refractivity contribution in [3.8, 4) is 0 Å². The Morgan fingerprint density at radius 1 is 1.06 bits per heavy atom. The minimum Gasteiger partial charge on any atom is -0.333 e. The van der Waals surface area contributed by atoms with Gasteiger partial charge in [-0.2, -0.15) is 0 Å². The van der Waals surface area contributed by atoms with E-state index in [4.69, 9.17) is 4.55 Å². The molecule has 0 aliphatic heterocycles. The Hall–Kier alpha value is 0.529. The number of rotatable bonds is 5. The molecular weight excluding hydrogens is 479 g/mol. The fourth-order valence-electron chi connectivity index (χ4n) is 8.47. The van der Waals surface area contributed by atoms with Gasteiger partial charge in [0.25, 0.3) is 0 Å². The molecule has 0 heterocycles. The molecule has 0 amide bonds. The van der Waals surface area contributed by atoms with Crippen molar-refractivity contribution < 1.29 is 11.1 Å². The number of fused-ring (bicyclic) bond motifs is 5. The number of aliphatic hydroxyl groups is 1. The van der Waals surface area contributed by atoms with Crippen molar-refractivity contribution in [1.82, 2.24) is 0 Å². The van der Waals surface area contributed by atoms with Gasteiger partial charge in [0.1, 0.15) is 0 Å². The van der Waals surface area contributed by atoms with Crippen LogP contribution >= 0.6 is 12.9 Å². The van der Waals surface area contributed by atoms with E-state index in [1.165, 1.54) is 70.6 Å². The van der Waals surface area contributed by atoms with Gasteiger partial charge in [-0.15, -0.1) is 0 Å². The normalized spacial score (nSPS) is 43.0. The third kappa shape index (κ3) is 5.67. The minimum atomic E-state index is -0.0297. The van der Waals surface area contributed by atoms with Crippen LogP contribution in [0.5, 0.6) is 0 Å². The zero-order valence-electron chi connectivity index (χ0n) is 21.5. The van der Waals surface area contributed by atoms with E-state index < -0.39 is 0 Å². The van der Waals surface area contributed by atoms with E-state index in [9.17, 15) is 5.11 Å². The smallest absolute Gasteiger partial charge is 0 e. The maximum Gasteiger partial charge on any atom is 0 e. The van der Waals surface area contributed by atoms with E-state index in [0.29, 0.717) is 9.73 Å². The number of allylic oxidation sites excluding steroid dienone is 2. The Morgan fingerprint density at radius 2 is 1.78 bits per heavy atom. The minimum absolute atomic E-state index is 0. The largest absolute Gasteiger partial charge is 0.333 e. The second kappa shape index (κ2) is 13.0. The van der Waals surface area contributed by atoms with E-state index in [-0.39, 0.29) is 7.53 Å². The second-order valence-corrected chi connectivity index (χ2v) is 12.6. The third-order valence-electron chi connectivity index (χ3n) is 10.1. The van der Waals surface area contributed by atoms with Crippen LogP contribution in [0.1, 0.15) is 120 Å². The van der Waals surface area contributed by atoms with Crippen molar-refractivity contribution in [3.05, 3.63) is 11.6 Å². The van der Waals surface area contributed by atoms with Gasteiger partial charge in [-0.25, -0.2) is 0 Å². The van der Waals surface area contributed by atoms with Gasteiger partial charge in [0.2, 0.25) is 0 Å². The van der Waals surface area contributed by atoms with Crippen LogP contribution in [-0.4, -0.2) is 31.8 Å². The molecule has 4 saturated carbocycles. The molecule has 2 N–H and O–H groups in total. The molecule has 0 aromatic rings.